The quantitative estimate of drug-likeness (QED) is 0.745. The maximum Gasteiger partial charge on any atom is 0.243 e. The van der Waals surface area contributed by atoms with E-state index < -0.39 is 40.5 Å². The molecule has 6 nitrogen and oxygen atoms in total. The molecule has 7 heteroatoms. The van der Waals surface area contributed by atoms with Crippen LogP contribution in [0.25, 0.3) is 0 Å². The molecule has 1 N–H and O–H groups in total. The van der Waals surface area contributed by atoms with Gasteiger partial charge in [0.15, 0.2) is 10.8 Å². The van der Waals surface area contributed by atoms with Crippen LogP contribution in [0.3, 0.4) is 0 Å². The van der Waals surface area contributed by atoms with Crippen LogP contribution in [-0.4, -0.2) is 12.0 Å². The van der Waals surface area contributed by atoms with Crippen LogP contribution in [0.4, 0.5) is 0 Å². The van der Waals surface area contributed by atoms with Crippen molar-refractivity contribution in [3.05, 3.63) is 70.7 Å². The molecule has 154 valence electrons. The summed E-state index contributed by atoms with van der Waals surface area (Å²) < 4.78 is 12.5. The van der Waals surface area contributed by atoms with E-state index >= 15 is 0 Å². The van der Waals surface area contributed by atoms with Gasteiger partial charge in [0.2, 0.25) is 11.7 Å². The molecule has 2 heterocycles. The van der Waals surface area contributed by atoms with E-state index in [1.54, 1.807) is 31.2 Å². The highest BCUT2D eigenvalue weighted by Crippen LogP contribution is 2.67. The van der Waals surface area contributed by atoms with Crippen molar-refractivity contribution >= 4 is 17.5 Å². The first-order chi connectivity index (χ1) is 14.8. The third-order valence-electron chi connectivity index (χ3n) is 6.74. The first kappa shape index (κ1) is 20.9. The third kappa shape index (κ3) is 2.48. The molecule has 0 radical (unpaired) electrons. The number of hydrogen-bond acceptors (Lipinski definition) is 6. The van der Waals surface area contributed by atoms with Crippen LogP contribution in [0.15, 0.2) is 54.6 Å². The van der Waals surface area contributed by atoms with Gasteiger partial charge in [-0.25, -0.2) is 0 Å². The fourth-order valence-corrected chi connectivity index (χ4v) is 5.11. The molecule has 2 aromatic carbocycles. The Bertz CT molecular complexity index is 1150. The summed E-state index contributed by atoms with van der Waals surface area (Å²) in [6.07, 6.45) is -1.03. The standard InChI is InChI=1S/C24H19ClN4O2/c1-15(17-6-4-3-5-7-17)20-22(12-26,13-27)23(14-28)16(2)24(30-20,31-21(23)29)18-8-10-19(25)11-9-18/h3-11,15-16,20,29H,1-2H3. The molecule has 2 saturated heterocycles. The summed E-state index contributed by atoms with van der Waals surface area (Å²) in [5.41, 5.74) is -2.33. The number of halogens is 1. The Labute approximate surface area is 185 Å². The predicted octanol–water partition coefficient (Wildman–Crippen LogP) is 4.88. The molecule has 2 aromatic rings. The number of hydrogen-bond donors (Lipinski definition) is 1. The van der Waals surface area contributed by atoms with Gasteiger partial charge in [-0.3, -0.25) is 5.41 Å². The molecule has 5 atom stereocenters. The van der Waals surface area contributed by atoms with Gasteiger partial charge in [-0.2, -0.15) is 15.8 Å². The Hall–Kier alpha value is -3.37. The van der Waals surface area contributed by atoms with Gasteiger partial charge in [-0.1, -0.05) is 67.9 Å². The fourth-order valence-electron chi connectivity index (χ4n) is 4.98. The second-order valence-electron chi connectivity index (χ2n) is 8.02. The molecule has 2 fully saturated rings. The van der Waals surface area contributed by atoms with Crippen molar-refractivity contribution in [1.29, 1.82) is 21.2 Å². The van der Waals surface area contributed by atoms with Gasteiger partial charge in [0.25, 0.3) is 0 Å². The Morgan fingerprint density at radius 1 is 1.00 bits per heavy atom. The minimum Gasteiger partial charge on any atom is -0.443 e. The van der Waals surface area contributed by atoms with E-state index in [1.165, 1.54) is 0 Å². The molecule has 2 aliphatic heterocycles. The second kappa shape index (κ2) is 7.10. The van der Waals surface area contributed by atoms with Crippen molar-refractivity contribution in [1.82, 2.24) is 0 Å². The topological polar surface area (TPSA) is 114 Å². The molecule has 2 bridgehead atoms. The molecule has 0 saturated carbocycles. The Kier molecular flexibility index (Phi) is 4.78. The zero-order chi connectivity index (χ0) is 22.4. The van der Waals surface area contributed by atoms with Gasteiger partial charge in [0.1, 0.15) is 6.10 Å². The van der Waals surface area contributed by atoms with Crippen LogP contribution in [0, 0.1) is 56.2 Å². The normalized spacial score (nSPS) is 31.5. The fraction of sp³-hybridized carbons (Fsp3) is 0.333. The van der Waals surface area contributed by atoms with E-state index in [0.717, 1.165) is 5.56 Å². The number of rotatable bonds is 3. The number of nitrogens with one attached hydrogen (secondary N) is 1. The van der Waals surface area contributed by atoms with E-state index in [0.29, 0.717) is 10.6 Å². The zero-order valence-corrected chi connectivity index (χ0v) is 17.7. The van der Waals surface area contributed by atoms with Crippen LogP contribution in [0.5, 0.6) is 0 Å². The SMILES string of the molecule is CC(c1ccccc1)C1OC2(c3ccc(Cl)cc3)OC(=N)C(C#N)(C2C)C1(C#N)C#N. The summed E-state index contributed by atoms with van der Waals surface area (Å²) >= 11 is 6.06. The predicted molar refractivity (Wildman–Crippen MR) is 113 cm³/mol. The summed E-state index contributed by atoms with van der Waals surface area (Å²) in [5.74, 6) is -3.15. The molecule has 31 heavy (non-hydrogen) atoms. The lowest BCUT2D eigenvalue weighted by atomic mass is 9.52. The molecule has 0 aromatic heterocycles. The van der Waals surface area contributed by atoms with E-state index in [1.807, 2.05) is 37.3 Å². The molecular formula is C24H19ClN4O2. The maximum absolute atomic E-state index is 10.3. The lowest BCUT2D eigenvalue weighted by molar-refractivity contribution is -0.289. The minimum atomic E-state index is -1.94. The third-order valence-corrected chi connectivity index (χ3v) is 6.99. The Morgan fingerprint density at radius 3 is 2.16 bits per heavy atom. The number of nitrogens with zero attached hydrogens (tertiary/aromatic N) is 3. The van der Waals surface area contributed by atoms with Gasteiger partial charge in [-0.05, 0) is 17.7 Å². The summed E-state index contributed by atoms with van der Waals surface area (Å²) in [6, 6.07) is 22.4. The second-order valence-corrected chi connectivity index (χ2v) is 8.45. The van der Waals surface area contributed by atoms with Crippen LogP contribution in [-0.2, 0) is 15.3 Å². The largest absolute Gasteiger partial charge is 0.443 e. The lowest BCUT2D eigenvalue weighted by Crippen LogP contribution is -2.62. The average Bonchev–Trinajstić information content (AvgIpc) is 2.96. The van der Waals surface area contributed by atoms with Gasteiger partial charge < -0.3 is 9.47 Å². The van der Waals surface area contributed by atoms with Gasteiger partial charge in [0.05, 0.1) is 24.1 Å². The van der Waals surface area contributed by atoms with E-state index in [-0.39, 0.29) is 0 Å². The van der Waals surface area contributed by atoms with Crippen LogP contribution in [0.2, 0.25) is 5.02 Å². The number of benzene rings is 2. The van der Waals surface area contributed by atoms with Gasteiger partial charge in [-0.15, -0.1) is 0 Å². The van der Waals surface area contributed by atoms with Gasteiger partial charge >= 0.3 is 0 Å². The first-order valence-corrected chi connectivity index (χ1v) is 10.2. The molecule has 5 unspecified atom stereocenters. The summed E-state index contributed by atoms with van der Waals surface area (Å²) in [6.45, 7) is 3.54. The highest BCUT2D eigenvalue weighted by atomic mass is 35.5. The smallest absolute Gasteiger partial charge is 0.243 e. The number of nitriles is 3. The minimum absolute atomic E-state index is 0.427. The molecule has 0 amide bonds. The van der Waals surface area contributed by atoms with Crippen molar-refractivity contribution in [2.45, 2.75) is 31.7 Å². The highest BCUT2D eigenvalue weighted by Gasteiger charge is 2.80. The van der Waals surface area contributed by atoms with Crippen molar-refractivity contribution in [2.24, 2.45) is 16.7 Å². The molecule has 2 aliphatic rings. The summed E-state index contributed by atoms with van der Waals surface area (Å²) in [5, 5.41) is 40.0. The summed E-state index contributed by atoms with van der Waals surface area (Å²) in [4.78, 5) is 0. The zero-order valence-electron chi connectivity index (χ0n) is 17.0. The molecule has 4 rings (SSSR count). The monoisotopic (exact) mass is 430 g/mol. The average molecular weight is 431 g/mol. The lowest BCUT2D eigenvalue weighted by Gasteiger charge is -2.50. The van der Waals surface area contributed by atoms with E-state index in [9.17, 15) is 15.8 Å². The van der Waals surface area contributed by atoms with Crippen LogP contribution in [0.1, 0.15) is 30.9 Å². The first-order valence-electron chi connectivity index (χ1n) is 9.83. The van der Waals surface area contributed by atoms with Crippen molar-refractivity contribution < 1.29 is 9.47 Å². The van der Waals surface area contributed by atoms with Crippen molar-refractivity contribution in [2.75, 3.05) is 0 Å². The van der Waals surface area contributed by atoms with Crippen LogP contribution >= 0.6 is 11.6 Å². The van der Waals surface area contributed by atoms with Crippen molar-refractivity contribution in [3.63, 3.8) is 0 Å². The molecule has 0 spiro atoms. The number of ether oxygens (including phenoxy) is 2. The van der Waals surface area contributed by atoms with Crippen LogP contribution < -0.4 is 0 Å². The highest BCUT2D eigenvalue weighted by molar-refractivity contribution is 6.30. The van der Waals surface area contributed by atoms with E-state index in [4.69, 9.17) is 26.5 Å². The molecular weight excluding hydrogens is 412 g/mol. The van der Waals surface area contributed by atoms with E-state index in [2.05, 4.69) is 18.2 Å². The maximum atomic E-state index is 10.3. The van der Waals surface area contributed by atoms with Crippen molar-refractivity contribution in [3.8, 4) is 18.2 Å². The Balaban J connectivity index is 1.99. The Morgan fingerprint density at radius 2 is 1.61 bits per heavy atom. The molecule has 0 aliphatic carbocycles. The summed E-state index contributed by atoms with van der Waals surface area (Å²) in [7, 11) is 0. The number of fused-ring (bicyclic) bond motifs is 2. The van der Waals surface area contributed by atoms with Gasteiger partial charge in [0, 0.05) is 16.5 Å².